The van der Waals surface area contributed by atoms with Crippen molar-refractivity contribution in [2.24, 2.45) is 0 Å². The lowest BCUT2D eigenvalue weighted by atomic mass is 10.1. The topological polar surface area (TPSA) is 29.1 Å². The van der Waals surface area contributed by atoms with E-state index < -0.39 is 0 Å². The van der Waals surface area contributed by atoms with Gasteiger partial charge in [-0.2, -0.15) is 0 Å². The van der Waals surface area contributed by atoms with Gasteiger partial charge in [0.25, 0.3) is 0 Å². The van der Waals surface area contributed by atoms with Gasteiger partial charge in [-0.15, -0.1) is 0 Å². The monoisotopic (exact) mass is 287 g/mol. The largest absolute Gasteiger partial charge is 0.349 e. The minimum atomic E-state index is 0.170. The highest BCUT2D eigenvalue weighted by molar-refractivity contribution is 14.1. The first kappa shape index (κ1) is 8.99. The van der Waals surface area contributed by atoms with Crippen LogP contribution in [0.2, 0.25) is 0 Å². The molecule has 3 heteroatoms. The van der Waals surface area contributed by atoms with E-state index in [4.69, 9.17) is 0 Å². The third-order valence-electron chi connectivity index (χ3n) is 2.27. The van der Waals surface area contributed by atoms with Crippen LogP contribution < -0.4 is 5.32 Å². The second-order valence-electron chi connectivity index (χ2n) is 3.21. The van der Waals surface area contributed by atoms with E-state index in [0.717, 1.165) is 6.42 Å². The summed E-state index contributed by atoms with van der Waals surface area (Å²) in [7, 11) is 0. The zero-order valence-electron chi connectivity index (χ0n) is 7.09. The van der Waals surface area contributed by atoms with Crippen molar-refractivity contribution in [2.75, 3.05) is 0 Å². The maximum atomic E-state index is 11.0. The molecule has 1 aliphatic rings. The molecule has 1 unspecified atom stereocenters. The number of amides is 1. The molecule has 2 nitrogen and oxygen atoms in total. The molecule has 1 heterocycles. The molecule has 2 rings (SSSR count). The molecule has 1 N–H and O–H groups in total. The summed E-state index contributed by atoms with van der Waals surface area (Å²) in [6.45, 7) is 0. The van der Waals surface area contributed by atoms with Crippen LogP contribution in [0.5, 0.6) is 0 Å². The van der Waals surface area contributed by atoms with Gasteiger partial charge < -0.3 is 5.32 Å². The summed E-state index contributed by atoms with van der Waals surface area (Å²) in [5, 5.41) is 2.95. The van der Waals surface area contributed by atoms with E-state index in [1.807, 2.05) is 0 Å². The highest BCUT2D eigenvalue weighted by atomic mass is 127. The molecule has 0 bridgehead atoms. The van der Waals surface area contributed by atoms with Crippen LogP contribution in [-0.4, -0.2) is 5.91 Å². The van der Waals surface area contributed by atoms with Crippen LogP contribution in [0.25, 0.3) is 0 Å². The Balaban J connectivity index is 2.17. The van der Waals surface area contributed by atoms with Gasteiger partial charge in [0.2, 0.25) is 5.91 Å². The van der Waals surface area contributed by atoms with E-state index in [-0.39, 0.29) is 11.9 Å². The third kappa shape index (κ3) is 2.02. The van der Waals surface area contributed by atoms with Gasteiger partial charge in [-0.3, -0.25) is 4.79 Å². The molecule has 1 fully saturated rings. The molecule has 13 heavy (non-hydrogen) atoms. The van der Waals surface area contributed by atoms with Crippen LogP contribution in [0.4, 0.5) is 0 Å². The first-order valence-electron chi connectivity index (χ1n) is 4.30. The zero-order valence-corrected chi connectivity index (χ0v) is 9.24. The number of hydrogen-bond acceptors (Lipinski definition) is 1. The van der Waals surface area contributed by atoms with Gasteiger partial charge in [-0.05, 0) is 46.7 Å². The van der Waals surface area contributed by atoms with Crippen LogP contribution in [0, 0.1) is 3.57 Å². The first-order valence-corrected chi connectivity index (χ1v) is 5.38. The maximum Gasteiger partial charge on any atom is 0.220 e. The van der Waals surface area contributed by atoms with Crippen LogP contribution in [0.3, 0.4) is 0 Å². The number of hydrogen-bond donors (Lipinski definition) is 1. The molecule has 1 aromatic carbocycles. The van der Waals surface area contributed by atoms with Gasteiger partial charge in [0.15, 0.2) is 0 Å². The second kappa shape index (κ2) is 3.65. The van der Waals surface area contributed by atoms with E-state index >= 15 is 0 Å². The number of nitrogens with one attached hydrogen (secondary N) is 1. The van der Waals surface area contributed by atoms with Gasteiger partial charge >= 0.3 is 0 Å². The summed E-state index contributed by atoms with van der Waals surface area (Å²) in [6, 6.07) is 8.54. The minimum absolute atomic E-state index is 0.170. The van der Waals surface area contributed by atoms with Crippen molar-refractivity contribution < 1.29 is 4.79 Å². The maximum absolute atomic E-state index is 11.0. The summed E-state index contributed by atoms with van der Waals surface area (Å²) in [6.07, 6.45) is 1.59. The lowest BCUT2D eigenvalue weighted by Gasteiger charge is -2.09. The van der Waals surface area contributed by atoms with Gasteiger partial charge in [-0.1, -0.05) is 12.1 Å². The first-order chi connectivity index (χ1) is 6.25. The Bertz CT molecular complexity index is 320. The summed E-state index contributed by atoms with van der Waals surface area (Å²) < 4.78 is 1.23. The molecule has 0 spiro atoms. The van der Waals surface area contributed by atoms with Crippen LogP contribution in [0.15, 0.2) is 24.3 Å². The molecule has 0 radical (unpaired) electrons. The smallest absolute Gasteiger partial charge is 0.220 e. The molecule has 0 saturated carbocycles. The summed E-state index contributed by atoms with van der Waals surface area (Å²) in [5.74, 6) is 0.170. The Morgan fingerprint density at radius 2 is 2.00 bits per heavy atom. The molecule has 1 saturated heterocycles. The van der Waals surface area contributed by atoms with Crippen LogP contribution in [-0.2, 0) is 4.79 Å². The number of benzene rings is 1. The number of carbonyl (C=O) groups is 1. The normalized spacial score (nSPS) is 21.6. The van der Waals surface area contributed by atoms with Crippen molar-refractivity contribution in [3.63, 3.8) is 0 Å². The predicted molar refractivity (Wildman–Crippen MR) is 59.3 cm³/mol. The zero-order chi connectivity index (χ0) is 9.26. The third-order valence-corrected chi connectivity index (χ3v) is 2.99. The molecule has 1 amide bonds. The number of carbonyl (C=O) groups excluding carboxylic acids is 1. The molecular weight excluding hydrogens is 277 g/mol. The molecular formula is C10H10INO. The van der Waals surface area contributed by atoms with E-state index in [2.05, 4.69) is 52.2 Å². The molecule has 1 atom stereocenters. The molecule has 1 aromatic rings. The van der Waals surface area contributed by atoms with E-state index in [1.54, 1.807) is 0 Å². The molecule has 1 aliphatic heterocycles. The Morgan fingerprint density at radius 3 is 2.54 bits per heavy atom. The Hall–Kier alpha value is -0.580. The van der Waals surface area contributed by atoms with Crippen molar-refractivity contribution >= 4 is 28.5 Å². The van der Waals surface area contributed by atoms with Crippen LogP contribution >= 0.6 is 22.6 Å². The molecule has 0 aromatic heterocycles. The van der Waals surface area contributed by atoms with Crippen molar-refractivity contribution in [1.29, 1.82) is 0 Å². The highest BCUT2D eigenvalue weighted by Crippen LogP contribution is 2.23. The fraction of sp³-hybridized carbons (Fsp3) is 0.300. The van der Waals surface area contributed by atoms with Gasteiger partial charge in [0.05, 0.1) is 6.04 Å². The van der Waals surface area contributed by atoms with E-state index in [1.165, 1.54) is 9.13 Å². The van der Waals surface area contributed by atoms with Gasteiger partial charge in [0.1, 0.15) is 0 Å². The summed E-state index contributed by atoms with van der Waals surface area (Å²) in [4.78, 5) is 11.0. The van der Waals surface area contributed by atoms with Crippen LogP contribution in [0.1, 0.15) is 24.4 Å². The average molecular weight is 287 g/mol. The summed E-state index contributed by atoms with van der Waals surface area (Å²) in [5.41, 5.74) is 1.21. The predicted octanol–water partition coefficient (Wildman–Crippen LogP) is 2.24. The Morgan fingerprint density at radius 1 is 1.31 bits per heavy atom. The van der Waals surface area contributed by atoms with Gasteiger partial charge in [-0.25, -0.2) is 0 Å². The van der Waals surface area contributed by atoms with Crippen molar-refractivity contribution in [3.05, 3.63) is 33.4 Å². The van der Waals surface area contributed by atoms with E-state index in [9.17, 15) is 4.79 Å². The van der Waals surface area contributed by atoms with Crippen molar-refractivity contribution in [1.82, 2.24) is 5.32 Å². The van der Waals surface area contributed by atoms with Gasteiger partial charge in [0, 0.05) is 9.99 Å². The lowest BCUT2D eigenvalue weighted by Crippen LogP contribution is -2.18. The summed E-state index contributed by atoms with van der Waals surface area (Å²) >= 11 is 2.28. The highest BCUT2D eigenvalue weighted by Gasteiger charge is 2.21. The standard InChI is InChI=1S/C10H10INO/c11-8-3-1-7(2-4-8)9-5-6-10(13)12-9/h1-4,9H,5-6H2,(H,12,13). The molecule has 0 aliphatic carbocycles. The lowest BCUT2D eigenvalue weighted by molar-refractivity contribution is -0.119. The second-order valence-corrected chi connectivity index (χ2v) is 4.46. The fourth-order valence-electron chi connectivity index (χ4n) is 1.56. The SMILES string of the molecule is O=C1CCC(c2ccc(I)cc2)N1. The average Bonchev–Trinajstić information content (AvgIpc) is 2.53. The molecule has 68 valence electrons. The quantitative estimate of drug-likeness (QED) is 0.789. The number of rotatable bonds is 1. The van der Waals surface area contributed by atoms with Crippen molar-refractivity contribution in [3.8, 4) is 0 Å². The Labute approximate surface area is 90.9 Å². The Kier molecular flexibility index (Phi) is 2.53. The van der Waals surface area contributed by atoms with Crippen molar-refractivity contribution in [2.45, 2.75) is 18.9 Å². The fourth-order valence-corrected chi connectivity index (χ4v) is 1.92. The van der Waals surface area contributed by atoms with E-state index in [0.29, 0.717) is 6.42 Å². The minimum Gasteiger partial charge on any atom is -0.349 e. The number of halogens is 1.